The van der Waals surface area contributed by atoms with Gasteiger partial charge in [-0.15, -0.1) is 0 Å². The van der Waals surface area contributed by atoms with Gasteiger partial charge in [0.1, 0.15) is 0 Å². The number of imide groups is 1. The number of hydrogen-bond donors (Lipinski definition) is 2. The largest absolute Gasteiger partial charge is 0.357 e. The van der Waals surface area contributed by atoms with Crippen molar-refractivity contribution in [3.63, 3.8) is 0 Å². The molecule has 2 heterocycles. The van der Waals surface area contributed by atoms with E-state index in [1.165, 1.54) is 4.90 Å². The third-order valence-corrected chi connectivity index (χ3v) is 7.04. The predicted molar refractivity (Wildman–Crippen MR) is 117 cm³/mol. The van der Waals surface area contributed by atoms with Gasteiger partial charge in [0.15, 0.2) is 5.96 Å². The third kappa shape index (κ3) is 4.46. The normalized spacial score (nSPS) is 30.3. The van der Waals surface area contributed by atoms with Crippen molar-refractivity contribution < 1.29 is 14.4 Å². The van der Waals surface area contributed by atoms with Gasteiger partial charge >= 0.3 is 0 Å². The van der Waals surface area contributed by atoms with E-state index in [2.05, 4.69) is 32.7 Å². The lowest BCUT2D eigenvalue weighted by atomic mass is 9.85. The van der Waals surface area contributed by atoms with Crippen LogP contribution in [0.25, 0.3) is 0 Å². The van der Waals surface area contributed by atoms with Crippen LogP contribution in [-0.2, 0) is 14.4 Å². The van der Waals surface area contributed by atoms with Gasteiger partial charge in [0.2, 0.25) is 17.7 Å². The van der Waals surface area contributed by atoms with Crippen molar-refractivity contribution in [1.29, 1.82) is 0 Å². The van der Waals surface area contributed by atoms with Gasteiger partial charge in [0.05, 0.1) is 18.4 Å². The lowest BCUT2D eigenvalue weighted by Gasteiger charge is -2.33. The Labute approximate surface area is 183 Å². The summed E-state index contributed by atoms with van der Waals surface area (Å²) in [6.07, 6.45) is 5.20. The lowest BCUT2D eigenvalue weighted by Crippen LogP contribution is -2.48. The zero-order valence-electron chi connectivity index (χ0n) is 18.5. The van der Waals surface area contributed by atoms with E-state index < -0.39 is 0 Å². The standard InChI is InChI=1S/C22H34N6O3/c1-3-23-22(24-6-8-26-10-12-27(13-11-26)15(2)29)25-7-9-28-20(30)18-16-4-5-17(14-16)19(18)21(28)31/h4-5,16-19H,3,6-14H2,1-2H3,(H2,23,24,25). The molecule has 170 valence electrons. The molecular weight excluding hydrogens is 396 g/mol. The minimum absolute atomic E-state index is 0.000271. The number of rotatable bonds is 7. The number of allylic oxidation sites excluding steroid dienone is 2. The van der Waals surface area contributed by atoms with Crippen LogP contribution in [0.3, 0.4) is 0 Å². The van der Waals surface area contributed by atoms with Crippen molar-refractivity contribution in [3.05, 3.63) is 12.2 Å². The zero-order valence-corrected chi connectivity index (χ0v) is 18.5. The SMILES string of the molecule is CCNC(=NCCN1CCN(C(C)=O)CC1)NCCN1C(=O)C2C3C=CC(C3)C2C1=O. The smallest absolute Gasteiger partial charge is 0.233 e. The average molecular weight is 431 g/mol. The Morgan fingerprint density at radius 2 is 1.68 bits per heavy atom. The number of guanidine groups is 1. The zero-order chi connectivity index (χ0) is 22.0. The van der Waals surface area contributed by atoms with Crippen molar-refractivity contribution >= 4 is 23.7 Å². The van der Waals surface area contributed by atoms with E-state index in [1.807, 2.05) is 11.8 Å². The summed E-state index contributed by atoms with van der Waals surface area (Å²) in [5, 5.41) is 6.48. The van der Waals surface area contributed by atoms with Crippen LogP contribution in [0, 0.1) is 23.7 Å². The minimum atomic E-state index is -0.132. The van der Waals surface area contributed by atoms with E-state index in [1.54, 1.807) is 6.92 Å². The van der Waals surface area contributed by atoms with Crippen molar-refractivity contribution in [3.8, 4) is 0 Å². The summed E-state index contributed by atoms with van der Waals surface area (Å²) in [6.45, 7) is 10.0. The molecular formula is C22H34N6O3. The van der Waals surface area contributed by atoms with Crippen LogP contribution in [0.5, 0.6) is 0 Å². The van der Waals surface area contributed by atoms with Crippen LogP contribution in [0.1, 0.15) is 20.3 Å². The number of nitrogens with one attached hydrogen (secondary N) is 2. The van der Waals surface area contributed by atoms with Crippen LogP contribution in [0.2, 0.25) is 0 Å². The molecule has 0 spiro atoms. The van der Waals surface area contributed by atoms with E-state index in [0.717, 1.165) is 45.7 Å². The molecule has 3 fully saturated rings. The van der Waals surface area contributed by atoms with E-state index in [4.69, 9.17) is 0 Å². The molecule has 9 heteroatoms. The van der Waals surface area contributed by atoms with Gasteiger partial charge in [-0.2, -0.15) is 0 Å². The monoisotopic (exact) mass is 430 g/mol. The number of piperazine rings is 1. The van der Waals surface area contributed by atoms with Gasteiger partial charge in [-0.1, -0.05) is 12.2 Å². The summed E-state index contributed by atoms with van der Waals surface area (Å²) in [6, 6.07) is 0. The lowest BCUT2D eigenvalue weighted by molar-refractivity contribution is -0.140. The number of fused-ring (bicyclic) bond motifs is 5. The fraction of sp³-hybridized carbons (Fsp3) is 0.727. The number of likely N-dealkylation sites (tertiary alicyclic amines) is 1. The average Bonchev–Trinajstić information content (AvgIpc) is 3.44. The maximum absolute atomic E-state index is 12.8. The molecule has 3 amide bonds. The maximum Gasteiger partial charge on any atom is 0.233 e. The van der Waals surface area contributed by atoms with Gasteiger partial charge in [-0.25, -0.2) is 0 Å². The van der Waals surface area contributed by atoms with Crippen LogP contribution in [0.4, 0.5) is 0 Å². The molecule has 0 aromatic heterocycles. The molecule has 2 bridgehead atoms. The molecule has 4 rings (SSSR count). The molecule has 2 aliphatic carbocycles. The quantitative estimate of drug-likeness (QED) is 0.245. The highest BCUT2D eigenvalue weighted by Gasteiger charge is 2.58. The molecule has 2 N–H and O–H groups in total. The van der Waals surface area contributed by atoms with Gasteiger partial charge in [0, 0.05) is 59.3 Å². The Hall–Kier alpha value is -2.42. The summed E-state index contributed by atoms with van der Waals surface area (Å²) >= 11 is 0. The number of nitrogens with zero attached hydrogens (tertiary/aromatic N) is 4. The third-order valence-electron chi connectivity index (χ3n) is 7.04. The highest BCUT2D eigenvalue weighted by atomic mass is 16.2. The number of carbonyl (C=O) groups excluding carboxylic acids is 3. The minimum Gasteiger partial charge on any atom is -0.357 e. The Morgan fingerprint density at radius 1 is 1.03 bits per heavy atom. The van der Waals surface area contributed by atoms with Crippen LogP contribution >= 0.6 is 0 Å². The summed E-state index contributed by atoms with van der Waals surface area (Å²) in [5.41, 5.74) is 0. The molecule has 4 unspecified atom stereocenters. The molecule has 2 saturated heterocycles. The fourth-order valence-electron chi connectivity index (χ4n) is 5.40. The van der Waals surface area contributed by atoms with Crippen LogP contribution in [-0.4, -0.2) is 97.3 Å². The molecule has 9 nitrogen and oxygen atoms in total. The molecule has 4 atom stereocenters. The van der Waals surface area contributed by atoms with Crippen molar-refractivity contribution in [2.75, 3.05) is 58.9 Å². The second-order valence-electron chi connectivity index (χ2n) is 8.86. The van der Waals surface area contributed by atoms with E-state index in [-0.39, 0.29) is 41.4 Å². The molecule has 0 aromatic rings. The van der Waals surface area contributed by atoms with Crippen molar-refractivity contribution in [2.45, 2.75) is 20.3 Å². The summed E-state index contributed by atoms with van der Waals surface area (Å²) < 4.78 is 0. The van der Waals surface area contributed by atoms with Crippen molar-refractivity contribution in [1.82, 2.24) is 25.3 Å². The first-order valence-corrected chi connectivity index (χ1v) is 11.5. The first-order valence-electron chi connectivity index (χ1n) is 11.5. The summed E-state index contributed by atoms with van der Waals surface area (Å²) in [4.78, 5) is 47.2. The summed E-state index contributed by atoms with van der Waals surface area (Å²) in [7, 11) is 0. The summed E-state index contributed by atoms with van der Waals surface area (Å²) in [5.74, 6) is 1.08. The van der Waals surface area contributed by atoms with Crippen LogP contribution in [0.15, 0.2) is 17.1 Å². The van der Waals surface area contributed by atoms with E-state index in [9.17, 15) is 14.4 Å². The van der Waals surface area contributed by atoms with Gasteiger partial charge in [-0.05, 0) is 25.2 Å². The first-order chi connectivity index (χ1) is 15.0. The number of aliphatic imine (C=N–C) groups is 1. The number of amides is 3. The fourth-order valence-corrected chi connectivity index (χ4v) is 5.40. The number of carbonyl (C=O) groups is 3. The Balaban J connectivity index is 1.22. The highest BCUT2D eigenvalue weighted by Crippen LogP contribution is 2.52. The second kappa shape index (κ2) is 9.38. The predicted octanol–water partition coefficient (Wildman–Crippen LogP) is -0.487. The topological polar surface area (TPSA) is 97.3 Å². The molecule has 0 aromatic carbocycles. The van der Waals surface area contributed by atoms with Gasteiger partial charge in [0.25, 0.3) is 0 Å². The molecule has 2 aliphatic heterocycles. The molecule has 4 aliphatic rings. The Bertz CT molecular complexity index is 743. The van der Waals surface area contributed by atoms with E-state index >= 15 is 0 Å². The highest BCUT2D eigenvalue weighted by molar-refractivity contribution is 6.06. The van der Waals surface area contributed by atoms with Gasteiger partial charge in [-0.3, -0.25) is 29.2 Å². The molecule has 31 heavy (non-hydrogen) atoms. The number of hydrogen-bond acceptors (Lipinski definition) is 5. The Kier molecular flexibility index (Phi) is 6.60. The second-order valence-corrected chi connectivity index (χ2v) is 8.86. The van der Waals surface area contributed by atoms with Crippen LogP contribution < -0.4 is 10.6 Å². The Morgan fingerprint density at radius 3 is 2.26 bits per heavy atom. The van der Waals surface area contributed by atoms with Crippen molar-refractivity contribution in [2.24, 2.45) is 28.7 Å². The van der Waals surface area contributed by atoms with Gasteiger partial charge < -0.3 is 15.5 Å². The van der Waals surface area contributed by atoms with E-state index in [0.29, 0.717) is 25.6 Å². The maximum atomic E-state index is 12.8. The molecule has 1 saturated carbocycles. The first kappa shape index (κ1) is 21.8. The molecule has 0 radical (unpaired) electrons.